The average molecular weight is 434 g/mol. The molecule has 1 heterocycles. The quantitative estimate of drug-likeness (QED) is 0.600. The van der Waals surface area contributed by atoms with E-state index in [0.717, 1.165) is 0 Å². The Kier molecular flexibility index (Phi) is 7.24. The van der Waals surface area contributed by atoms with Crippen molar-refractivity contribution in [2.45, 2.75) is 13.8 Å². The topological polar surface area (TPSA) is 97.9 Å². The highest BCUT2D eigenvalue weighted by Crippen LogP contribution is 2.37. The molecule has 1 aliphatic heterocycles. The molecule has 0 aliphatic carbocycles. The molecule has 1 aliphatic rings. The van der Waals surface area contributed by atoms with E-state index in [-0.39, 0.29) is 18.4 Å². The fraction of sp³-hybridized carbons (Fsp3) is 0.333. The van der Waals surface area contributed by atoms with Gasteiger partial charge in [-0.25, -0.2) is 4.79 Å². The predicted molar refractivity (Wildman–Crippen MR) is 116 cm³/mol. The van der Waals surface area contributed by atoms with Crippen molar-refractivity contribution in [1.82, 2.24) is 0 Å². The van der Waals surface area contributed by atoms with Crippen molar-refractivity contribution < 1.29 is 23.8 Å². The molecule has 9 heteroatoms. The number of hydrogen-bond donors (Lipinski definition) is 3. The smallest absolute Gasteiger partial charge is 0.411 e. The summed E-state index contributed by atoms with van der Waals surface area (Å²) in [5.74, 6) is 1.06. The lowest BCUT2D eigenvalue weighted by atomic mass is 10.2. The van der Waals surface area contributed by atoms with Gasteiger partial charge in [0.05, 0.1) is 23.9 Å². The minimum atomic E-state index is -0.521. The Morgan fingerprint density at radius 1 is 1.07 bits per heavy atom. The maximum absolute atomic E-state index is 12.3. The number of carbonyl (C=O) groups is 2. The standard InChI is InChI=1S/C21H24ClN3O5/c1-13(2)12-30-21(27)24-15-5-3-4-14(8-15)23-11-20(26)25-17-10-19-18(9-16(17)22)28-6-7-29-19/h3-5,8-10,13,23H,6-7,11-12H2,1-2H3,(H,24,27)(H,25,26). The first kappa shape index (κ1) is 21.6. The van der Waals surface area contributed by atoms with Gasteiger partial charge >= 0.3 is 6.09 Å². The first-order valence-electron chi connectivity index (χ1n) is 9.57. The Balaban J connectivity index is 1.53. The molecule has 30 heavy (non-hydrogen) atoms. The Morgan fingerprint density at radius 2 is 1.77 bits per heavy atom. The van der Waals surface area contributed by atoms with Gasteiger partial charge < -0.3 is 24.8 Å². The first-order valence-corrected chi connectivity index (χ1v) is 9.95. The van der Waals surface area contributed by atoms with Crippen molar-refractivity contribution in [1.29, 1.82) is 0 Å². The van der Waals surface area contributed by atoms with Gasteiger partial charge in [0.1, 0.15) is 13.2 Å². The van der Waals surface area contributed by atoms with Gasteiger partial charge in [-0.1, -0.05) is 31.5 Å². The minimum Gasteiger partial charge on any atom is -0.486 e. The van der Waals surface area contributed by atoms with E-state index >= 15 is 0 Å². The van der Waals surface area contributed by atoms with E-state index in [2.05, 4.69) is 16.0 Å². The largest absolute Gasteiger partial charge is 0.486 e. The highest BCUT2D eigenvalue weighted by molar-refractivity contribution is 6.34. The normalized spacial score (nSPS) is 12.3. The van der Waals surface area contributed by atoms with E-state index in [1.54, 1.807) is 36.4 Å². The second kappa shape index (κ2) is 10.1. The SMILES string of the molecule is CC(C)COC(=O)Nc1cccc(NCC(=O)Nc2cc3c(cc2Cl)OCCO3)c1. The number of ether oxygens (including phenoxy) is 3. The molecule has 3 rings (SSSR count). The van der Waals surface area contributed by atoms with E-state index in [4.69, 9.17) is 25.8 Å². The van der Waals surface area contributed by atoms with Gasteiger partial charge in [-0.15, -0.1) is 0 Å². The highest BCUT2D eigenvalue weighted by atomic mass is 35.5. The number of carbonyl (C=O) groups excluding carboxylic acids is 2. The summed E-state index contributed by atoms with van der Waals surface area (Å²) in [6.45, 7) is 5.17. The summed E-state index contributed by atoms with van der Waals surface area (Å²) in [4.78, 5) is 24.1. The molecule has 0 saturated heterocycles. The lowest BCUT2D eigenvalue weighted by molar-refractivity contribution is -0.114. The highest BCUT2D eigenvalue weighted by Gasteiger charge is 2.16. The molecule has 0 atom stereocenters. The fourth-order valence-electron chi connectivity index (χ4n) is 2.64. The molecule has 2 aromatic carbocycles. The lowest BCUT2D eigenvalue weighted by Crippen LogP contribution is -2.22. The van der Waals surface area contributed by atoms with Crippen LogP contribution in [-0.4, -0.2) is 38.4 Å². The van der Waals surface area contributed by atoms with Crippen molar-refractivity contribution in [2.24, 2.45) is 5.92 Å². The van der Waals surface area contributed by atoms with E-state index in [1.807, 2.05) is 13.8 Å². The molecular weight excluding hydrogens is 410 g/mol. The van der Waals surface area contributed by atoms with Crippen molar-refractivity contribution in [2.75, 3.05) is 42.3 Å². The second-order valence-electron chi connectivity index (χ2n) is 7.08. The van der Waals surface area contributed by atoms with E-state index in [1.165, 1.54) is 0 Å². The summed E-state index contributed by atoms with van der Waals surface area (Å²) in [5.41, 5.74) is 1.67. The molecule has 2 amide bonds. The molecule has 0 unspecified atom stereocenters. The summed E-state index contributed by atoms with van der Waals surface area (Å²) in [5, 5.41) is 8.77. The molecule has 0 aromatic heterocycles. The number of nitrogens with one attached hydrogen (secondary N) is 3. The Labute approximate surface area is 179 Å². The average Bonchev–Trinajstić information content (AvgIpc) is 2.71. The number of rotatable bonds is 7. The zero-order valence-electron chi connectivity index (χ0n) is 16.8. The summed E-state index contributed by atoms with van der Waals surface area (Å²) in [6.07, 6.45) is -0.521. The van der Waals surface area contributed by atoms with E-state index in [9.17, 15) is 9.59 Å². The molecule has 8 nitrogen and oxygen atoms in total. The monoisotopic (exact) mass is 433 g/mol. The third kappa shape index (κ3) is 6.18. The molecule has 0 fully saturated rings. The Bertz CT molecular complexity index is 920. The van der Waals surface area contributed by atoms with Crippen molar-refractivity contribution >= 4 is 40.7 Å². The number of fused-ring (bicyclic) bond motifs is 1. The first-order chi connectivity index (χ1) is 14.4. The van der Waals surface area contributed by atoms with Gasteiger partial charge in [-0.05, 0) is 24.1 Å². The number of benzene rings is 2. The number of amides is 2. The van der Waals surface area contributed by atoms with Crippen LogP contribution in [0.3, 0.4) is 0 Å². The van der Waals surface area contributed by atoms with Crippen LogP contribution in [0.15, 0.2) is 36.4 Å². The fourth-order valence-corrected chi connectivity index (χ4v) is 2.84. The molecule has 2 aromatic rings. The molecular formula is C21H24ClN3O5. The van der Waals surface area contributed by atoms with Crippen molar-refractivity contribution in [3.8, 4) is 11.5 Å². The van der Waals surface area contributed by atoms with Gasteiger partial charge in [0.2, 0.25) is 5.91 Å². The zero-order chi connectivity index (χ0) is 21.5. The molecule has 3 N–H and O–H groups in total. The molecule has 0 spiro atoms. The van der Waals surface area contributed by atoms with Crippen LogP contribution < -0.4 is 25.4 Å². The van der Waals surface area contributed by atoms with Gasteiger partial charge in [0.25, 0.3) is 0 Å². The van der Waals surface area contributed by atoms with Gasteiger partial charge in [0, 0.05) is 23.5 Å². The lowest BCUT2D eigenvalue weighted by Gasteiger charge is -2.20. The van der Waals surface area contributed by atoms with Gasteiger partial charge in [-0.3, -0.25) is 10.1 Å². The molecule has 160 valence electrons. The third-order valence-corrected chi connectivity index (χ3v) is 4.33. The van der Waals surface area contributed by atoms with Gasteiger partial charge in [0.15, 0.2) is 11.5 Å². The number of hydrogen-bond acceptors (Lipinski definition) is 6. The molecule has 0 bridgehead atoms. The Morgan fingerprint density at radius 3 is 2.50 bits per heavy atom. The third-order valence-electron chi connectivity index (χ3n) is 4.02. The second-order valence-corrected chi connectivity index (χ2v) is 7.48. The molecule has 0 radical (unpaired) electrons. The summed E-state index contributed by atoms with van der Waals surface area (Å²) >= 11 is 6.21. The number of anilines is 3. The number of halogens is 1. The van der Waals surface area contributed by atoms with Crippen molar-refractivity contribution in [3.63, 3.8) is 0 Å². The van der Waals surface area contributed by atoms with Crippen LogP contribution in [0.25, 0.3) is 0 Å². The maximum Gasteiger partial charge on any atom is 0.411 e. The van der Waals surface area contributed by atoms with Crippen LogP contribution in [0.1, 0.15) is 13.8 Å². The summed E-state index contributed by atoms with van der Waals surface area (Å²) in [6, 6.07) is 10.2. The summed E-state index contributed by atoms with van der Waals surface area (Å²) in [7, 11) is 0. The predicted octanol–water partition coefficient (Wildman–Crippen LogP) is 4.37. The van der Waals surface area contributed by atoms with Crippen LogP contribution in [0, 0.1) is 5.92 Å². The van der Waals surface area contributed by atoms with Crippen LogP contribution in [-0.2, 0) is 9.53 Å². The van der Waals surface area contributed by atoms with Crippen molar-refractivity contribution in [3.05, 3.63) is 41.4 Å². The summed E-state index contributed by atoms with van der Waals surface area (Å²) < 4.78 is 16.1. The van der Waals surface area contributed by atoms with E-state index in [0.29, 0.717) is 53.4 Å². The Hall–Kier alpha value is -3.13. The van der Waals surface area contributed by atoms with Crippen LogP contribution in [0.4, 0.5) is 21.9 Å². The zero-order valence-corrected chi connectivity index (χ0v) is 17.5. The van der Waals surface area contributed by atoms with E-state index < -0.39 is 6.09 Å². The minimum absolute atomic E-state index is 0.00597. The van der Waals surface area contributed by atoms with Crippen LogP contribution in [0.2, 0.25) is 5.02 Å². The van der Waals surface area contributed by atoms with Crippen LogP contribution in [0.5, 0.6) is 11.5 Å². The van der Waals surface area contributed by atoms with Gasteiger partial charge in [-0.2, -0.15) is 0 Å². The van der Waals surface area contributed by atoms with Crippen LogP contribution >= 0.6 is 11.6 Å². The molecule has 0 saturated carbocycles. The maximum atomic E-state index is 12.3.